The highest BCUT2D eigenvalue weighted by Gasteiger charge is 2.20. The average Bonchev–Trinajstić information content (AvgIpc) is 2.50. The second-order valence-electron chi connectivity index (χ2n) is 5.78. The first kappa shape index (κ1) is 17.9. The van der Waals surface area contributed by atoms with E-state index in [0.717, 1.165) is 38.8 Å². The third-order valence-corrected chi connectivity index (χ3v) is 4.50. The highest BCUT2D eigenvalue weighted by Crippen LogP contribution is 2.28. The number of esters is 1. The van der Waals surface area contributed by atoms with Crippen LogP contribution in [0.3, 0.4) is 0 Å². The van der Waals surface area contributed by atoms with E-state index in [1.54, 1.807) is 18.2 Å². The van der Waals surface area contributed by atoms with Crippen LogP contribution in [0.15, 0.2) is 18.2 Å². The SMILES string of the molecule is N=C(N)N1CCCC(CCCC(=O)Oc2ccc(Cl)cc2Cl)C1. The number of nitrogens with two attached hydrogens (primary N) is 1. The summed E-state index contributed by atoms with van der Waals surface area (Å²) in [5, 5.41) is 8.32. The first-order chi connectivity index (χ1) is 11.0. The van der Waals surface area contributed by atoms with Crippen LogP contribution in [0.2, 0.25) is 10.0 Å². The van der Waals surface area contributed by atoms with Gasteiger partial charge in [0.05, 0.1) is 5.02 Å². The first-order valence-electron chi connectivity index (χ1n) is 7.70. The van der Waals surface area contributed by atoms with Gasteiger partial charge in [0.1, 0.15) is 5.75 Å². The molecule has 7 heteroatoms. The minimum Gasteiger partial charge on any atom is -0.425 e. The summed E-state index contributed by atoms with van der Waals surface area (Å²) in [6.45, 7) is 1.65. The molecule has 1 heterocycles. The Bertz CT molecular complexity index is 580. The van der Waals surface area contributed by atoms with Gasteiger partial charge >= 0.3 is 5.97 Å². The zero-order chi connectivity index (χ0) is 16.8. The van der Waals surface area contributed by atoms with E-state index in [4.69, 9.17) is 39.1 Å². The fourth-order valence-corrected chi connectivity index (χ4v) is 3.23. The topological polar surface area (TPSA) is 79.4 Å². The van der Waals surface area contributed by atoms with Gasteiger partial charge in [-0.2, -0.15) is 0 Å². The number of halogens is 2. The number of piperidine rings is 1. The number of rotatable bonds is 5. The summed E-state index contributed by atoms with van der Waals surface area (Å²) in [6.07, 6.45) is 4.17. The van der Waals surface area contributed by atoms with Crippen LogP contribution in [0.4, 0.5) is 0 Å². The van der Waals surface area contributed by atoms with Crippen LogP contribution in [0.1, 0.15) is 32.1 Å². The smallest absolute Gasteiger partial charge is 0.311 e. The number of nitrogens with zero attached hydrogens (tertiary/aromatic N) is 1. The summed E-state index contributed by atoms with van der Waals surface area (Å²) in [6, 6.07) is 4.77. The quantitative estimate of drug-likeness (QED) is 0.364. The van der Waals surface area contributed by atoms with Gasteiger partial charge in [0.2, 0.25) is 0 Å². The van der Waals surface area contributed by atoms with E-state index in [9.17, 15) is 4.79 Å². The van der Waals surface area contributed by atoms with Crippen molar-refractivity contribution in [3.8, 4) is 5.75 Å². The zero-order valence-electron chi connectivity index (χ0n) is 12.9. The molecule has 0 aromatic heterocycles. The van der Waals surface area contributed by atoms with Gasteiger partial charge in [0.25, 0.3) is 0 Å². The molecule has 1 fully saturated rings. The number of benzene rings is 1. The summed E-state index contributed by atoms with van der Waals surface area (Å²) in [5.41, 5.74) is 5.53. The Morgan fingerprint density at radius 3 is 2.91 bits per heavy atom. The number of hydrogen-bond donors (Lipinski definition) is 2. The minimum absolute atomic E-state index is 0.131. The lowest BCUT2D eigenvalue weighted by molar-refractivity contribution is -0.134. The van der Waals surface area contributed by atoms with Crippen molar-refractivity contribution in [2.24, 2.45) is 11.7 Å². The highest BCUT2D eigenvalue weighted by atomic mass is 35.5. The molecule has 5 nitrogen and oxygen atoms in total. The van der Waals surface area contributed by atoms with Crippen LogP contribution >= 0.6 is 23.2 Å². The maximum absolute atomic E-state index is 11.9. The molecule has 0 radical (unpaired) electrons. The number of carbonyl (C=O) groups is 1. The summed E-state index contributed by atoms with van der Waals surface area (Å²) < 4.78 is 5.25. The molecule has 1 aliphatic heterocycles. The summed E-state index contributed by atoms with van der Waals surface area (Å²) in [7, 11) is 0. The Hall–Kier alpha value is -1.46. The van der Waals surface area contributed by atoms with Crippen molar-refractivity contribution in [3.63, 3.8) is 0 Å². The number of likely N-dealkylation sites (tertiary alicyclic amines) is 1. The molecule has 0 amide bonds. The van der Waals surface area contributed by atoms with Crippen molar-refractivity contribution in [2.45, 2.75) is 32.1 Å². The second-order valence-corrected chi connectivity index (χ2v) is 6.62. The van der Waals surface area contributed by atoms with E-state index in [1.807, 2.05) is 4.90 Å². The molecule has 0 aliphatic carbocycles. The molecule has 1 saturated heterocycles. The number of hydrogen-bond acceptors (Lipinski definition) is 3. The lowest BCUT2D eigenvalue weighted by Gasteiger charge is -2.32. The summed E-state index contributed by atoms with van der Waals surface area (Å²) in [4.78, 5) is 13.8. The van der Waals surface area contributed by atoms with E-state index >= 15 is 0 Å². The molecule has 1 unspecified atom stereocenters. The van der Waals surface area contributed by atoms with Gasteiger partial charge in [-0.3, -0.25) is 10.2 Å². The van der Waals surface area contributed by atoms with Gasteiger partial charge in [0, 0.05) is 24.5 Å². The minimum atomic E-state index is -0.298. The fraction of sp³-hybridized carbons (Fsp3) is 0.500. The number of ether oxygens (including phenoxy) is 1. The number of guanidine groups is 1. The zero-order valence-corrected chi connectivity index (χ0v) is 14.4. The molecule has 126 valence electrons. The molecule has 23 heavy (non-hydrogen) atoms. The molecular weight excluding hydrogens is 337 g/mol. The predicted octanol–water partition coefficient (Wildman–Crippen LogP) is 3.67. The van der Waals surface area contributed by atoms with E-state index < -0.39 is 0 Å². The third-order valence-electron chi connectivity index (χ3n) is 3.97. The fourth-order valence-electron chi connectivity index (χ4n) is 2.79. The van der Waals surface area contributed by atoms with Crippen molar-refractivity contribution < 1.29 is 9.53 Å². The van der Waals surface area contributed by atoms with Gasteiger partial charge in [-0.25, -0.2) is 0 Å². The average molecular weight is 358 g/mol. The predicted molar refractivity (Wildman–Crippen MR) is 92.2 cm³/mol. The number of nitrogens with one attached hydrogen (secondary N) is 1. The van der Waals surface area contributed by atoms with Crippen molar-refractivity contribution in [2.75, 3.05) is 13.1 Å². The van der Waals surface area contributed by atoms with Gasteiger partial charge in [-0.15, -0.1) is 0 Å². The largest absolute Gasteiger partial charge is 0.425 e. The molecule has 0 bridgehead atoms. The lowest BCUT2D eigenvalue weighted by Crippen LogP contribution is -2.43. The molecule has 0 saturated carbocycles. The Kier molecular flexibility index (Phi) is 6.54. The Morgan fingerprint density at radius 1 is 1.43 bits per heavy atom. The molecule has 1 aromatic carbocycles. The standard InChI is InChI=1S/C16H21Cl2N3O2/c17-12-6-7-14(13(18)9-12)23-15(22)5-1-3-11-4-2-8-21(10-11)16(19)20/h6-7,9,11H,1-5,8,10H2,(H3,19,20). The van der Waals surface area contributed by atoms with Gasteiger partial charge in [-0.1, -0.05) is 23.2 Å². The van der Waals surface area contributed by atoms with Crippen molar-refractivity contribution in [1.29, 1.82) is 5.41 Å². The Balaban J connectivity index is 1.73. The van der Waals surface area contributed by atoms with Gasteiger partial charge in [-0.05, 0) is 49.8 Å². The monoisotopic (exact) mass is 357 g/mol. The van der Waals surface area contributed by atoms with Crippen LogP contribution in [0, 0.1) is 11.3 Å². The van der Waals surface area contributed by atoms with Crippen LogP contribution in [-0.2, 0) is 4.79 Å². The first-order valence-corrected chi connectivity index (χ1v) is 8.46. The highest BCUT2D eigenvalue weighted by molar-refractivity contribution is 6.35. The lowest BCUT2D eigenvalue weighted by atomic mass is 9.93. The van der Waals surface area contributed by atoms with Crippen LogP contribution in [0.5, 0.6) is 5.75 Å². The van der Waals surface area contributed by atoms with Crippen LogP contribution < -0.4 is 10.5 Å². The van der Waals surface area contributed by atoms with Crippen LogP contribution in [-0.4, -0.2) is 29.9 Å². The summed E-state index contributed by atoms with van der Waals surface area (Å²) >= 11 is 11.8. The van der Waals surface area contributed by atoms with Gasteiger partial charge in [0.15, 0.2) is 5.96 Å². The molecule has 2 rings (SSSR count). The third kappa shape index (κ3) is 5.59. The molecule has 1 aromatic rings. The molecule has 0 spiro atoms. The molecular formula is C16H21Cl2N3O2. The van der Waals surface area contributed by atoms with E-state index in [1.165, 1.54) is 0 Å². The van der Waals surface area contributed by atoms with Crippen LogP contribution in [0.25, 0.3) is 0 Å². The van der Waals surface area contributed by atoms with Gasteiger partial charge < -0.3 is 15.4 Å². The molecule has 1 aliphatic rings. The molecule has 3 N–H and O–H groups in total. The van der Waals surface area contributed by atoms with Crippen molar-refractivity contribution >= 4 is 35.1 Å². The van der Waals surface area contributed by atoms with Crippen molar-refractivity contribution in [1.82, 2.24) is 4.90 Å². The second kappa shape index (κ2) is 8.41. The maximum atomic E-state index is 11.9. The van der Waals surface area contributed by atoms with E-state index in [-0.39, 0.29) is 11.9 Å². The Morgan fingerprint density at radius 2 is 2.22 bits per heavy atom. The number of carbonyl (C=O) groups excluding carboxylic acids is 1. The van der Waals surface area contributed by atoms with E-state index in [2.05, 4.69) is 0 Å². The maximum Gasteiger partial charge on any atom is 0.311 e. The normalized spacial score (nSPS) is 17.8. The van der Waals surface area contributed by atoms with Crippen molar-refractivity contribution in [3.05, 3.63) is 28.2 Å². The van der Waals surface area contributed by atoms with E-state index in [0.29, 0.717) is 28.1 Å². The molecule has 1 atom stereocenters. The summed E-state index contributed by atoms with van der Waals surface area (Å²) in [5.74, 6) is 0.640. The Labute approximate surface area is 146 Å².